The Morgan fingerprint density at radius 1 is 1.05 bits per heavy atom. The Kier molecular flexibility index (Phi) is 4.80. The van der Waals surface area contributed by atoms with E-state index < -0.39 is 0 Å². The molecule has 0 aliphatic heterocycles. The molecule has 2 nitrogen and oxygen atoms in total. The minimum absolute atomic E-state index is 0.0134. The van der Waals surface area contributed by atoms with E-state index in [1.165, 1.54) is 5.56 Å². The largest absolute Gasteiger partial charge is 0.457 e. The highest BCUT2D eigenvalue weighted by molar-refractivity contribution is 5.40. The molecule has 20 heavy (non-hydrogen) atoms. The van der Waals surface area contributed by atoms with Crippen molar-refractivity contribution in [1.82, 2.24) is 0 Å². The van der Waals surface area contributed by atoms with Crippen molar-refractivity contribution < 1.29 is 4.74 Å². The van der Waals surface area contributed by atoms with E-state index in [-0.39, 0.29) is 6.04 Å². The molecule has 0 aromatic heterocycles. The summed E-state index contributed by atoms with van der Waals surface area (Å²) in [5.41, 5.74) is 8.48. The number of para-hydroxylation sites is 1. The molecule has 1 atom stereocenters. The molecule has 0 aliphatic rings. The van der Waals surface area contributed by atoms with E-state index in [0.29, 0.717) is 5.92 Å². The van der Waals surface area contributed by atoms with Crippen LogP contribution in [0.1, 0.15) is 50.3 Å². The molecule has 0 fully saturated rings. The van der Waals surface area contributed by atoms with Gasteiger partial charge in [-0.15, -0.1) is 0 Å². The van der Waals surface area contributed by atoms with Crippen molar-refractivity contribution in [2.24, 2.45) is 5.73 Å². The molecule has 0 spiro atoms. The summed E-state index contributed by atoms with van der Waals surface area (Å²) in [6.45, 7) is 6.45. The Balaban J connectivity index is 2.28. The fourth-order valence-electron chi connectivity index (χ4n) is 2.16. The molecule has 0 unspecified atom stereocenters. The molecule has 0 aliphatic carbocycles. The smallest absolute Gasteiger partial charge is 0.132 e. The average molecular weight is 269 g/mol. The first-order chi connectivity index (χ1) is 9.61. The fourth-order valence-corrected chi connectivity index (χ4v) is 2.16. The van der Waals surface area contributed by atoms with Gasteiger partial charge in [-0.25, -0.2) is 0 Å². The van der Waals surface area contributed by atoms with Crippen LogP contribution in [-0.4, -0.2) is 0 Å². The van der Waals surface area contributed by atoms with Gasteiger partial charge in [0.1, 0.15) is 11.5 Å². The second-order valence-corrected chi connectivity index (χ2v) is 5.38. The van der Waals surface area contributed by atoms with Crippen molar-refractivity contribution in [1.29, 1.82) is 0 Å². The molecule has 2 heteroatoms. The SMILES string of the molecule is CC[C@H](N)c1ccccc1Oc1cccc(C(C)C)c1. The lowest BCUT2D eigenvalue weighted by Gasteiger charge is -2.16. The van der Waals surface area contributed by atoms with Gasteiger partial charge in [-0.1, -0.05) is 51.1 Å². The Morgan fingerprint density at radius 3 is 2.50 bits per heavy atom. The Hall–Kier alpha value is -1.80. The van der Waals surface area contributed by atoms with E-state index in [9.17, 15) is 0 Å². The lowest BCUT2D eigenvalue weighted by Crippen LogP contribution is -2.09. The number of rotatable bonds is 5. The van der Waals surface area contributed by atoms with E-state index >= 15 is 0 Å². The minimum atomic E-state index is 0.0134. The quantitative estimate of drug-likeness (QED) is 0.827. The highest BCUT2D eigenvalue weighted by Gasteiger charge is 2.11. The van der Waals surface area contributed by atoms with Crippen molar-refractivity contribution >= 4 is 0 Å². The van der Waals surface area contributed by atoms with Crippen LogP contribution in [0.4, 0.5) is 0 Å². The van der Waals surface area contributed by atoms with Gasteiger partial charge in [-0.05, 0) is 36.1 Å². The summed E-state index contributed by atoms with van der Waals surface area (Å²) in [7, 11) is 0. The normalized spacial score (nSPS) is 12.4. The maximum absolute atomic E-state index is 6.15. The number of hydrogen-bond donors (Lipinski definition) is 1. The molecular weight excluding hydrogens is 246 g/mol. The van der Waals surface area contributed by atoms with Crippen molar-refractivity contribution in [3.05, 3.63) is 59.7 Å². The molecule has 0 amide bonds. The summed E-state index contributed by atoms with van der Waals surface area (Å²) < 4.78 is 6.04. The highest BCUT2D eigenvalue weighted by atomic mass is 16.5. The number of benzene rings is 2. The summed E-state index contributed by atoms with van der Waals surface area (Å²) >= 11 is 0. The van der Waals surface area contributed by atoms with Gasteiger partial charge in [0, 0.05) is 11.6 Å². The third-order valence-electron chi connectivity index (χ3n) is 3.51. The molecule has 0 bridgehead atoms. The molecule has 106 valence electrons. The Labute approximate surface area is 121 Å². The molecule has 0 heterocycles. The van der Waals surface area contributed by atoms with Crippen LogP contribution in [0, 0.1) is 0 Å². The van der Waals surface area contributed by atoms with Crippen molar-refractivity contribution in [2.45, 2.75) is 39.2 Å². The van der Waals surface area contributed by atoms with Crippen LogP contribution < -0.4 is 10.5 Å². The van der Waals surface area contributed by atoms with Crippen molar-refractivity contribution in [3.8, 4) is 11.5 Å². The third-order valence-corrected chi connectivity index (χ3v) is 3.51. The van der Waals surface area contributed by atoms with Crippen molar-refractivity contribution in [3.63, 3.8) is 0 Å². The third kappa shape index (κ3) is 3.40. The fraction of sp³-hybridized carbons (Fsp3) is 0.333. The van der Waals surface area contributed by atoms with Gasteiger partial charge >= 0.3 is 0 Å². The second-order valence-electron chi connectivity index (χ2n) is 5.38. The van der Waals surface area contributed by atoms with Crippen LogP contribution in [0.3, 0.4) is 0 Å². The van der Waals surface area contributed by atoms with Crippen LogP contribution in [-0.2, 0) is 0 Å². The van der Waals surface area contributed by atoms with Gasteiger partial charge in [0.2, 0.25) is 0 Å². The number of nitrogens with two attached hydrogens (primary N) is 1. The predicted octanol–water partition coefficient (Wildman–Crippen LogP) is 5.01. The van der Waals surface area contributed by atoms with Crippen molar-refractivity contribution in [2.75, 3.05) is 0 Å². The summed E-state index contributed by atoms with van der Waals surface area (Å²) in [6.07, 6.45) is 0.895. The Bertz CT molecular complexity index is 563. The lowest BCUT2D eigenvalue weighted by molar-refractivity contribution is 0.467. The molecule has 2 aromatic rings. The lowest BCUT2D eigenvalue weighted by atomic mass is 10.0. The Morgan fingerprint density at radius 2 is 1.80 bits per heavy atom. The summed E-state index contributed by atoms with van der Waals surface area (Å²) in [6, 6.07) is 16.3. The zero-order valence-electron chi connectivity index (χ0n) is 12.5. The first-order valence-electron chi connectivity index (χ1n) is 7.24. The molecule has 0 saturated heterocycles. The zero-order valence-corrected chi connectivity index (χ0v) is 12.5. The standard InChI is InChI=1S/C18H23NO/c1-4-17(19)16-10-5-6-11-18(16)20-15-9-7-8-14(12-15)13(2)3/h5-13,17H,4,19H2,1-3H3/t17-/m0/s1. The summed E-state index contributed by atoms with van der Waals surface area (Å²) in [5, 5.41) is 0. The summed E-state index contributed by atoms with van der Waals surface area (Å²) in [5.74, 6) is 2.21. The first-order valence-corrected chi connectivity index (χ1v) is 7.24. The zero-order chi connectivity index (χ0) is 14.5. The van der Waals surface area contributed by atoms with Gasteiger partial charge in [0.25, 0.3) is 0 Å². The van der Waals surface area contributed by atoms with Gasteiger partial charge in [0.05, 0.1) is 0 Å². The topological polar surface area (TPSA) is 35.2 Å². The molecule has 2 N–H and O–H groups in total. The van der Waals surface area contributed by atoms with E-state index in [0.717, 1.165) is 23.5 Å². The van der Waals surface area contributed by atoms with Crippen LogP contribution in [0.2, 0.25) is 0 Å². The van der Waals surface area contributed by atoms with Gasteiger partial charge in [-0.2, -0.15) is 0 Å². The van der Waals surface area contributed by atoms with Crippen LogP contribution in [0.5, 0.6) is 11.5 Å². The average Bonchev–Trinajstić information content (AvgIpc) is 2.47. The number of hydrogen-bond acceptors (Lipinski definition) is 2. The predicted molar refractivity (Wildman–Crippen MR) is 84.3 cm³/mol. The molecule has 2 aromatic carbocycles. The molecule has 0 saturated carbocycles. The van der Waals surface area contributed by atoms with Crippen LogP contribution in [0.25, 0.3) is 0 Å². The first kappa shape index (κ1) is 14.6. The van der Waals surface area contributed by atoms with Gasteiger partial charge in [0.15, 0.2) is 0 Å². The molecule has 2 rings (SSSR count). The van der Waals surface area contributed by atoms with Gasteiger partial charge < -0.3 is 10.5 Å². The maximum Gasteiger partial charge on any atom is 0.132 e. The van der Waals surface area contributed by atoms with Crippen LogP contribution >= 0.6 is 0 Å². The van der Waals surface area contributed by atoms with E-state index in [1.807, 2.05) is 36.4 Å². The van der Waals surface area contributed by atoms with E-state index in [2.05, 4.69) is 32.9 Å². The number of ether oxygens (including phenoxy) is 1. The molecule has 0 radical (unpaired) electrons. The second kappa shape index (κ2) is 6.58. The summed E-state index contributed by atoms with van der Waals surface area (Å²) in [4.78, 5) is 0. The van der Waals surface area contributed by atoms with E-state index in [1.54, 1.807) is 0 Å². The minimum Gasteiger partial charge on any atom is -0.457 e. The monoisotopic (exact) mass is 269 g/mol. The van der Waals surface area contributed by atoms with E-state index in [4.69, 9.17) is 10.5 Å². The maximum atomic E-state index is 6.15. The molecular formula is C18H23NO. The highest BCUT2D eigenvalue weighted by Crippen LogP contribution is 2.31. The van der Waals surface area contributed by atoms with Crippen LogP contribution in [0.15, 0.2) is 48.5 Å². The van der Waals surface area contributed by atoms with Gasteiger partial charge in [-0.3, -0.25) is 0 Å².